The minimum absolute atomic E-state index is 0.259. The van der Waals surface area contributed by atoms with Gasteiger partial charge in [0.15, 0.2) is 0 Å². The lowest BCUT2D eigenvalue weighted by molar-refractivity contribution is -0.114. The summed E-state index contributed by atoms with van der Waals surface area (Å²) in [5, 5.41) is 2.86. The van der Waals surface area contributed by atoms with Crippen LogP contribution in [0.4, 0.5) is 11.4 Å². The molecule has 0 saturated carbocycles. The number of hydrogen-bond donors (Lipinski definition) is 1. The molecule has 0 aliphatic rings. The first-order chi connectivity index (χ1) is 12.1. The van der Waals surface area contributed by atoms with E-state index in [-0.39, 0.29) is 12.5 Å². The van der Waals surface area contributed by atoms with E-state index in [4.69, 9.17) is 0 Å². The number of para-hydroxylation sites is 2. The van der Waals surface area contributed by atoms with E-state index in [0.29, 0.717) is 12.1 Å². The SMILES string of the molecule is CCc1cccc(C)c1N(CC(=O)Nc1c(C)cccc1C)S(C)(=O)=O. The van der Waals surface area contributed by atoms with E-state index in [1.54, 1.807) is 0 Å². The Labute approximate surface area is 156 Å². The molecule has 0 aromatic heterocycles. The first kappa shape index (κ1) is 20.0. The molecular formula is C20H26N2O3S. The highest BCUT2D eigenvalue weighted by Crippen LogP contribution is 2.28. The van der Waals surface area contributed by atoms with E-state index in [1.165, 1.54) is 4.31 Å². The van der Waals surface area contributed by atoms with Gasteiger partial charge < -0.3 is 5.32 Å². The molecule has 0 unspecified atom stereocenters. The van der Waals surface area contributed by atoms with Gasteiger partial charge in [-0.2, -0.15) is 0 Å². The van der Waals surface area contributed by atoms with Crippen molar-refractivity contribution in [2.24, 2.45) is 0 Å². The summed E-state index contributed by atoms with van der Waals surface area (Å²) in [6.45, 7) is 7.39. The number of aryl methyl sites for hydroxylation is 4. The summed E-state index contributed by atoms with van der Waals surface area (Å²) in [6, 6.07) is 11.4. The molecule has 0 heterocycles. The van der Waals surface area contributed by atoms with Crippen LogP contribution in [0.25, 0.3) is 0 Å². The number of anilines is 2. The number of rotatable bonds is 6. The Bertz CT molecular complexity index is 900. The average Bonchev–Trinajstić information content (AvgIpc) is 2.55. The van der Waals surface area contributed by atoms with Gasteiger partial charge in [-0.1, -0.05) is 43.3 Å². The zero-order valence-electron chi connectivity index (χ0n) is 16.0. The highest BCUT2D eigenvalue weighted by molar-refractivity contribution is 7.92. The summed E-state index contributed by atoms with van der Waals surface area (Å²) in [5.41, 5.74) is 4.93. The highest BCUT2D eigenvalue weighted by Gasteiger charge is 2.24. The Morgan fingerprint density at radius 3 is 2.08 bits per heavy atom. The van der Waals surface area contributed by atoms with Gasteiger partial charge in [0.2, 0.25) is 15.9 Å². The maximum Gasteiger partial charge on any atom is 0.245 e. The standard InChI is InChI=1S/C20H26N2O3S/c1-6-17-12-8-11-16(4)20(17)22(26(5,24)25)13-18(23)21-19-14(2)9-7-10-15(19)3/h7-12H,6,13H2,1-5H3,(H,21,23). The molecule has 0 aliphatic heterocycles. The lowest BCUT2D eigenvalue weighted by Crippen LogP contribution is -2.38. The largest absolute Gasteiger partial charge is 0.324 e. The third-order valence-electron chi connectivity index (χ3n) is 4.38. The van der Waals surface area contributed by atoms with Crippen molar-refractivity contribution >= 4 is 27.3 Å². The summed E-state index contributed by atoms with van der Waals surface area (Å²) in [7, 11) is -3.61. The molecule has 0 fully saturated rings. The van der Waals surface area contributed by atoms with Crippen LogP contribution >= 0.6 is 0 Å². The Balaban J connectivity index is 2.38. The fraction of sp³-hybridized carbons (Fsp3) is 0.350. The van der Waals surface area contributed by atoms with Crippen LogP contribution < -0.4 is 9.62 Å². The first-order valence-electron chi connectivity index (χ1n) is 8.57. The second-order valence-corrected chi connectivity index (χ2v) is 8.43. The number of nitrogens with one attached hydrogen (secondary N) is 1. The monoisotopic (exact) mass is 374 g/mol. The molecule has 0 aliphatic carbocycles. The average molecular weight is 375 g/mol. The lowest BCUT2D eigenvalue weighted by atomic mass is 10.1. The summed E-state index contributed by atoms with van der Waals surface area (Å²) >= 11 is 0. The van der Waals surface area contributed by atoms with Crippen LogP contribution in [0.2, 0.25) is 0 Å². The number of nitrogens with zero attached hydrogens (tertiary/aromatic N) is 1. The van der Waals surface area contributed by atoms with Crippen molar-refractivity contribution in [3.8, 4) is 0 Å². The number of amides is 1. The zero-order chi connectivity index (χ0) is 19.5. The van der Waals surface area contributed by atoms with Crippen LogP contribution in [-0.4, -0.2) is 27.1 Å². The number of carbonyl (C=O) groups excluding carboxylic acids is 1. The van der Waals surface area contributed by atoms with Crippen LogP contribution in [0.3, 0.4) is 0 Å². The van der Waals surface area contributed by atoms with Gasteiger partial charge in [0, 0.05) is 5.69 Å². The van der Waals surface area contributed by atoms with Crippen LogP contribution in [0.1, 0.15) is 29.2 Å². The lowest BCUT2D eigenvalue weighted by Gasteiger charge is -2.26. The van der Waals surface area contributed by atoms with Crippen LogP contribution in [-0.2, 0) is 21.2 Å². The molecule has 5 nitrogen and oxygen atoms in total. The molecule has 0 bridgehead atoms. The Morgan fingerprint density at radius 1 is 1.00 bits per heavy atom. The molecule has 0 atom stereocenters. The normalized spacial score (nSPS) is 11.3. The van der Waals surface area contributed by atoms with E-state index >= 15 is 0 Å². The predicted octanol–water partition coefficient (Wildman–Crippen LogP) is 3.58. The molecular weight excluding hydrogens is 348 g/mol. The molecule has 140 valence electrons. The van der Waals surface area contributed by atoms with Gasteiger partial charge in [0.05, 0.1) is 11.9 Å². The minimum Gasteiger partial charge on any atom is -0.324 e. The topological polar surface area (TPSA) is 66.5 Å². The maximum atomic E-state index is 12.6. The van der Waals surface area contributed by atoms with Gasteiger partial charge in [-0.05, 0) is 49.4 Å². The first-order valence-corrected chi connectivity index (χ1v) is 10.4. The predicted molar refractivity (Wildman–Crippen MR) is 107 cm³/mol. The van der Waals surface area contributed by atoms with E-state index in [1.807, 2.05) is 64.1 Å². The fourth-order valence-electron chi connectivity index (χ4n) is 3.05. The van der Waals surface area contributed by atoms with Crippen LogP contribution in [0, 0.1) is 20.8 Å². The van der Waals surface area contributed by atoms with Gasteiger partial charge in [0.1, 0.15) is 6.54 Å². The molecule has 2 aromatic carbocycles. The number of benzene rings is 2. The fourth-order valence-corrected chi connectivity index (χ4v) is 3.99. The third-order valence-corrected chi connectivity index (χ3v) is 5.50. The Kier molecular flexibility index (Phi) is 6.08. The summed E-state index contributed by atoms with van der Waals surface area (Å²) < 4.78 is 26.0. The molecule has 2 aromatic rings. The minimum atomic E-state index is -3.61. The van der Waals surface area contributed by atoms with Crippen molar-refractivity contribution < 1.29 is 13.2 Å². The van der Waals surface area contributed by atoms with Crippen LogP contribution in [0.5, 0.6) is 0 Å². The second-order valence-electron chi connectivity index (χ2n) is 6.52. The van der Waals surface area contributed by atoms with E-state index in [0.717, 1.165) is 34.2 Å². The van der Waals surface area contributed by atoms with Gasteiger partial charge in [-0.25, -0.2) is 8.42 Å². The summed E-state index contributed by atoms with van der Waals surface area (Å²) in [6.07, 6.45) is 1.81. The number of carbonyl (C=O) groups is 1. The van der Waals surface area contributed by atoms with Crippen LogP contribution in [0.15, 0.2) is 36.4 Å². The van der Waals surface area contributed by atoms with E-state index in [2.05, 4.69) is 5.32 Å². The van der Waals surface area contributed by atoms with Crippen molar-refractivity contribution in [2.75, 3.05) is 22.4 Å². The summed E-state index contributed by atoms with van der Waals surface area (Å²) in [5.74, 6) is -0.363. The third kappa shape index (κ3) is 4.43. The quantitative estimate of drug-likeness (QED) is 0.840. The maximum absolute atomic E-state index is 12.6. The van der Waals surface area contributed by atoms with Crippen molar-refractivity contribution in [3.63, 3.8) is 0 Å². The molecule has 0 saturated heterocycles. The highest BCUT2D eigenvalue weighted by atomic mass is 32.2. The molecule has 2 rings (SSSR count). The van der Waals surface area contributed by atoms with Gasteiger partial charge in [0.25, 0.3) is 0 Å². The molecule has 0 spiro atoms. The van der Waals surface area contributed by atoms with Gasteiger partial charge in [-0.15, -0.1) is 0 Å². The Morgan fingerprint density at radius 2 is 1.54 bits per heavy atom. The molecule has 0 radical (unpaired) electrons. The zero-order valence-corrected chi connectivity index (χ0v) is 16.8. The van der Waals surface area contributed by atoms with Crippen molar-refractivity contribution in [2.45, 2.75) is 34.1 Å². The van der Waals surface area contributed by atoms with E-state index in [9.17, 15) is 13.2 Å². The van der Waals surface area contributed by atoms with Gasteiger partial charge >= 0.3 is 0 Å². The number of hydrogen-bond acceptors (Lipinski definition) is 3. The second kappa shape index (κ2) is 7.91. The van der Waals surface area contributed by atoms with Crippen molar-refractivity contribution in [1.82, 2.24) is 0 Å². The smallest absolute Gasteiger partial charge is 0.245 e. The Hall–Kier alpha value is -2.34. The molecule has 6 heteroatoms. The molecule has 1 amide bonds. The van der Waals surface area contributed by atoms with Gasteiger partial charge in [-0.3, -0.25) is 9.10 Å². The number of sulfonamides is 1. The van der Waals surface area contributed by atoms with E-state index < -0.39 is 10.0 Å². The molecule has 26 heavy (non-hydrogen) atoms. The summed E-state index contributed by atoms with van der Waals surface area (Å²) in [4.78, 5) is 12.6. The molecule has 1 N–H and O–H groups in total. The van der Waals surface area contributed by atoms with Crippen molar-refractivity contribution in [3.05, 3.63) is 58.7 Å². The van der Waals surface area contributed by atoms with Crippen molar-refractivity contribution in [1.29, 1.82) is 0 Å².